The van der Waals surface area contributed by atoms with E-state index in [0.29, 0.717) is 42.8 Å². The first-order chi connectivity index (χ1) is 17.1. The highest BCUT2D eigenvalue weighted by molar-refractivity contribution is 7.51. The van der Waals surface area contributed by atoms with Crippen LogP contribution in [0.2, 0.25) is 0 Å². The van der Waals surface area contributed by atoms with E-state index in [1.54, 1.807) is 30.3 Å². The van der Waals surface area contributed by atoms with Gasteiger partial charge in [0.25, 0.3) is 0 Å². The second-order valence-corrected chi connectivity index (χ2v) is 11.4. The van der Waals surface area contributed by atoms with Gasteiger partial charge in [0.1, 0.15) is 29.9 Å². The Labute approximate surface area is 208 Å². The van der Waals surface area contributed by atoms with Crippen molar-refractivity contribution in [3.05, 3.63) is 30.3 Å². The summed E-state index contributed by atoms with van der Waals surface area (Å²) in [6, 6.07) is 8.60. The molecule has 36 heavy (non-hydrogen) atoms. The van der Waals surface area contributed by atoms with E-state index in [-0.39, 0.29) is 24.2 Å². The van der Waals surface area contributed by atoms with Crippen molar-refractivity contribution in [1.82, 2.24) is 4.98 Å². The van der Waals surface area contributed by atoms with E-state index in [0.717, 1.165) is 5.39 Å². The number of unbranched alkanes of at least 4 members (excludes halogenated alkanes) is 1. The minimum Gasteiger partial charge on any atom is -0.487 e. The summed E-state index contributed by atoms with van der Waals surface area (Å²) < 4.78 is 17.4. The van der Waals surface area contributed by atoms with Crippen molar-refractivity contribution in [2.75, 3.05) is 11.5 Å². The average Bonchev–Trinajstić information content (AvgIpc) is 3.61. The van der Waals surface area contributed by atoms with Gasteiger partial charge in [0, 0.05) is 24.1 Å². The number of carbonyl (C=O) groups excluding carboxylic acids is 1. The van der Waals surface area contributed by atoms with Crippen LogP contribution in [-0.4, -0.2) is 66.6 Å². The third kappa shape index (κ3) is 6.24. The molecular weight excluding hydrogens is 487 g/mol. The highest BCUT2D eigenvalue weighted by atomic mass is 31.2. The average molecular weight is 519 g/mol. The Balaban J connectivity index is 1.45. The molecule has 2 aliphatic rings. The van der Waals surface area contributed by atoms with E-state index in [2.05, 4.69) is 16.2 Å². The van der Waals surface area contributed by atoms with Gasteiger partial charge in [-0.25, -0.2) is 4.98 Å². The van der Waals surface area contributed by atoms with Gasteiger partial charge in [0.15, 0.2) is 0 Å². The number of terminal acetylenes is 1. The molecule has 2 unspecified atom stereocenters. The molecule has 0 aliphatic heterocycles. The highest BCUT2D eigenvalue weighted by Crippen LogP contribution is 2.54. The zero-order chi connectivity index (χ0) is 26.0. The van der Waals surface area contributed by atoms with Gasteiger partial charge in [-0.05, 0) is 61.4 Å². The van der Waals surface area contributed by atoms with Crippen molar-refractivity contribution < 1.29 is 39.2 Å². The van der Waals surface area contributed by atoms with E-state index in [1.807, 2.05) is 0 Å². The SMILES string of the molecule is C#CCCCC(=O)Nc1ccc2cc(O[C@H]3C4CC4[C@H](CCP(=O)(O)O)[C@@H](O)[C@H](O)[C@@H]3O)ccc2n1. The number of benzene rings is 1. The van der Waals surface area contributed by atoms with E-state index in [4.69, 9.17) is 11.2 Å². The number of amides is 1. The van der Waals surface area contributed by atoms with Crippen LogP contribution in [0.3, 0.4) is 0 Å². The molecule has 0 spiro atoms. The minimum absolute atomic E-state index is 0.0491. The first-order valence-corrected chi connectivity index (χ1v) is 13.8. The maximum Gasteiger partial charge on any atom is 0.325 e. The van der Waals surface area contributed by atoms with Gasteiger partial charge >= 0.3 is 7.60 Å². The summed E-state index contributed by atoms with van der Waals surface area (Å²) in [6.45, 7) is 0. The molecule has 7 atom stereocenters. The predicted octanol–water partition coefficient (Wildman–Crippen LogP) is 1.64. The summed E-state index contributed by atoms with van der Waals surface area (Å²) in [7, 11) is -4.25. The van der Waals surface area contributed by atoms with Crippen LogP contribution in [0, 0.1) is 30.1 Å². The van der Waals surface area contributed by atoms with Crippen molar-refractivity contribution in [2.24, 2.45) is 17.8 Å². The number of pyridine rings is 1. The third-order valence-electron chi connectivity index (χ3n) is 7.02. The monoisotopic (exact) mass is 518 g/mol. The number of carbonyl (C=O) groups is 1. The van der Waals surface area contributed by atoms with E-state index >= 15 is 0 Å². The lowest BCUT2D eigenvalue weighted by Crippen LogP contribution is -2.47. The number of fused-ring (bicyclic) bond motifs is 2. The Morgan fingerprint density at radius 3 is 2.64 bits per heavy atom. The van der Waals surface area contributed by atoms with Crippen molar-refractivity contribution in [3.63, 3.8) is 0 Å². The Kier molecular flexibility index (Phi) is 8.00. The van der Waals surface area contributed by atoms with Gasteiger partial charge in [-0.2, -0.15) is 0 Å². The maximum atomic E-state index is 12.0. The summed E-state index contributed by atoms with van der Waals surface area (Å²) in [5, 5.41) is 35.4. The molecule has 1 aromatic heterocycles. The number of rotatable bonds is 9. The second-order valence-electron chi connectivity index (χ2n) is 9.62. The number of aliphatic hydroxyl groups is 3. The van der Waals surface area contributed by atoms with Crippen LogP contribution in [-0.2, 0) is 9.36 Å². The molecule has 0 radical (unpaired) electrons. The fourth-order valence-corrected chi connectivity index (χ4v) is 5.72. The van der Waals surface area contributed by atoms with Crippen LogP contribution in [0.1, 0.15) is 32.1 Å². The fraction of sp³-hybridized carbons (Fsp3) is 0.520. The van der Waals surface area contributed by atoms with Crippen molar-refractivity contribution in [2.45, 2.75) is 56.5 Å². The minimum atomic E-state index is -4.25. The Bertz CT molecular complexity index is 1190. The molecule has 194 valence electrons. The number of nitrogens with zero attached hydrogens (tertiary/aromatic N) is 1. The zero-order valence-corrected chi connectivity index (χ0v) is 20.5. The Hall–Kier alpha value is -2.51. The molecule has 11 heteroatoms. The molecule has 2 aliphatic carbocycles. The molecule has 2 fully saturated rings. The number of nitrogens with one attached hydrogen (secondary N) is 1. The molecule has 1 heterocycles. The van der Waals surface area contributed by atoms with Gasteiger partial charge in [-0.3, -0.25) is 9.36 Å². The molecule has 4 rings (SSSR count). The van der Waals surface area contributed by atoms with Gasteiger partial charge < -0.3 is 35.2 Å². The molecule has 1 aromatic carbocycles. The largest absolute Gasteiger partial charge is 0.487 e. The Morgan fingerprint density at radius 1 is 1.14 bits per heavy atom. The maximum absolute atomic E-state index is 12.0. The van der Waals surface area contributed by atoms with Crippen LogP contribution < -0.4 is 10.1 Å². The quantitative estimate of drug-likeness (QED) is 0.164. The smallest absolute Gasteiger partial charge is 0.325 e. The van der Waals surface area contributed by atoms with Gasteiger partial charge in [0.2, 0.25) is 5.91 Å². The predicted molar refractivity (Wildman–Crippen MR) is 132 cm³/mol. The number of aromatic nitrogens is 1. The number of anilines is 1. The van der Waals surface area contributed by atoms with Crippen molar-refractivity contribution >= 4 is 30.2 Å². The lowest BCUT2D eigenvalue weighted by atomic mass is 9.90. The second kappa shape index (κ2) is 10.9. The Morgan fingerprint density at radius 2 is 1.92 bits per heavy atom. The molecule has 0 saturated heterocycles. The number of hydrogen-bond acceptors (Lipinski definition) is 7. The number of ether oxygens (including phenoxy) is 1. The van der Waals surface area contributed by atoms with E-state index in [1.165, 1.54) is 0 Å². The van der Waals surface area contributed by atoms with Gasteiger partial charge in [-0.1, -0.05) is 0 Å². The van der Waals surface area contributed by atoms with Crippen molar-refractivity contribution in [3.8, 4) is 18.1 Å². The molecular formula is C25H31N2O8P. The first-order valence-electron chi connectivity index (χ1n) is 12.0. The lowest BCUT2D eigenvalue weighted by Gasteiger charge is -2.30. The summed E-state index contributed by atoms with van der Waals surface area (Å²) in [6.07, 6.45) is 1.96. The number of aliphatic hydroxyl groups excluding tert-OH is 3. The fourth-order valence-electron chi connectivity index (χ4n) is 5.08. The van der Waals surface area contributed by atoms with Crippen LogP contribution in [0.15, 0.2) is 30.3 Å². The molecule has 1 amide bonds. The number of hydrogen-bond donors (Lipinski definition) is 6. The topological polar surface area (TPSA) is 169 Å². The summed E-state index contributed by atoms with van der Waals surface area (Å²) in [4.78, 5) is 34.9. The third-order valence-corrected chi connectivity index (χ3v) is 7.86. The van der Waals surface area contributed by atoms with Crippen LogP contribution >= 0.6 is 7.60 Å². The zero-order valence-electron chi connectivity index (χ0n) is 19.6. The standard InChI is InChI=1S/C25H31N2O8P/c1-2-3-4-5-21(28)27-20-9-6-14-12-15(7-8-19(14)26-20)35-25-18-13-17(18)16(10-11-36(32,33)34)22(29)23(30)24(25)31/h1,6-9,12,16-18,22-25,29-31H,3-5,10-11,13H2,(H,26,27,28)(H2,32,33,34)/t16-,17?,18?,22+,23-,24-,25-/m0/s1. The first kappa shape index (κ1) is 26.6. The highest BCUT2D eigenvalue weighted by Gasteiger charge is 2.58. The van der Waals surface area contributed by atoms with Crippen molar-refractivity contribution in [1.29, 1.82) is 0 Å². The van der Waals surface area contributed by atoms with E-state index < -0.39 is 44.1 Å². The summed E-state index contributed by atoms with van der Waals surface area (Å²) in [5.41, 5.74) is 0.627. The van der Waals surface area contributed by atoms with Gasteiger partial charge in [0.05, 0.1) is 17.8 Å². The summed E-state index contributed by atoms with van der Waals surface area (Å²) in [5.74, 6) is 2.38. The lowest BCUT2D eigenvalue weighted by molar-refractivity contribution is -0.116. The summed E-state index contributed by atoms with van der Waals surface area (Å²) >= 11 is 0. The van der Waals surface area contributed by atoms with Gasteiger partial charge in [-0.15, -0.1) is 12.3 Å². The normalized spacial score (nSPS) is 29.6. The van der Waals surface area contributed by atoms with Crippen LogP contribution in [0.5, 0.6) is 5.75 Å². The molecule has 0 bridgehead atoms. The molecule has 2 aromatic rings. The molecule has 2 saturated carbocycles. The molecule has 6 N–H and O–H groups in total. The van der Waals surface area contributed by atoms with E-state index in [9.17, 15) is 34.5 Å². The molecule has 10 nitrogen and oxygen atoms in total. The van der Waals surface area contributed by atoms with Crippen LogP contribution in [0.4, 0.5) is 5.82 Å². The van der Waals surface area contributed by atoms with Crippen LogP contribution in [0.25, 0.3) is 10.9 Å².